The minimum absolute atomic E-state index is 0.359. The van der Waals surface area contributed by atoms with Gasteiger partial charge in [-0.2, -0.15) is 0 Å². The van der Waals surface area contributed by atoms with Gasteiger partial charge in [0.05, 0.1) is 13.7 Å². The van der Waals surface area contributed by atoms with Crippen LogP contribution in [0.5, 0.6) is 5.75 Å². The molecule has 21 heavy (non-hydrogen) atoms. The van der Waals surface area contributed by atoms with E-state index in [9.17, 15) is 4.79 Å². The summed E-state index contributed by atoms with van der Waals surface area (Å²) in [6.45, 7) is 0.367. The Balaban J connectivity index is 1.86. The SMILES string of the molecule is COc1ccc(N)cc1C(=O)OCCCc1ccccc1. The molecule has 0 amide bonds. The van der Waals surface area contributed by atoms with Gasteiger partial charge in [-0.3, -0.25) is 0 Å². The lowest BCUT2D eigenvalue weighted by molar-refractivity contribution is 0.0497. The first kappa shape index (κ1) is 14.9. The number of anilines is 1. The number of carbonyl (C=O) groups excluding carboxylic acids is 1. The van der Waals surface area contributed by atoms with Gasteiger partial charge in [-0.25, -0.2) is 4.79 Å². The summed E-state index contributed by atoms with van der Waals surface area (Å²) in [5.41, 5.74) is 7.78. The van der Waals surface area contributed by atoms with Crippen LogP contribution in [0.15, 0.2) is 48.5 Å². The largest absolute Gasteiger partial charge is 0.496 e. The highest BCUT2D eigenvalue weighted by Crippen LogP contribution is 2.22. The van der Waals surface area contributed by atoms with Crippen LogP contribution in [0.2, 0.25) is 0 Å². The third-order valence-electron chi connectivity index (χ3n) is 3.13. The summed E-state index contributed by atoms with van der Waals surface area (Å²) >= 11 is 0. The van der Waals surface area contributed by atoms with E-state index in [0.717, 1.165) is 12.8 Å². The van der Waals surface area contributed by atoms with Gasteiger partial charge in [0.25, 0.3) is 0 Å². The summed E-state index contributed by atoms with van der Waals surface area (Å²) in [5, 5.41) is 0. The first-order valence-electron chi connectivity index (χ1n) is 6.85. The van der Waals surface area contributed by atoms with E-state index in [0.29, 0.717) is 23.6 Å². The molecule has 4 nitrogen and oxygen atoms in total. The fourth-order valence-electron chi connectivity index (χ4n) is 2.05. The van der Waals surface area contributed by atoms with Crippen LogP contribution in [-0.2, 0) is 11.2 Å². The van der Waals surface area contributed by atoms with Crippen molar-refractivity contribution in [3.05, 3.63) is 59.7 Å². The van der Waals surface area contributed by atoms with Gasteiger partial charge in [-0.05, 0) is 36.6 Å². The van der Waals surface area contributed by atoms with Crippen LogP contribution in [0, 0.1) is 0 Å². The smallest absolute Gasteiger partial charge is 0.341 e. The molecular weight excluding hydrogens is 266 g/mol. The lowest BCUT2D eigenvalue weighted by Crippen LogP contribution is -2.09. The average Bonchev–Trinajstić information content (AvgIpc) is 2.52. The lowest BCUT2D eigenvalue weighted by atomic mass is 10.1. The second-order valence-corrected chi connectivity index (χ2v) is 4.68. The number of ether oxygens (including phenoxy) is 2. The normalized spacial score (nSPS) is 10.1. The molecule has 0 atom stereocenters. The van der Waals surface area contributed by atoms with E-state index < -0.39 is 5.97 Å². The number of hydrogen-bond acceptors (Lipinski definition) is 4. The van der Waals surface area contributed by atoms with Gasteiger partial charge < -0.3 is 15.2 Å². The van der Waals surface area contributed by atoms with Gasteiger partial charge in [0.2, 0.25) is 0 Å². The zero-order chi connectivity index (χ0) is 15.1. The van der Waals surface area contributed by atoms with Gasteiger partial charge in [0.15, 0.2) is 0 Å². The highest BCUT2D eigenvalue weighted by atomic mass is 16.5. The number of rotatable bonds is 6. The highest BCUT2D eigenvalue weighted by Gasteiger charge is 2.13. The highest BCUT2D eigenvalue weighted by molar-refractivity contribution is 5.93. The molecule has 0 fully saturated rings. The Kier molecular flexibility index (Phi) is 5.21. The van der Waals surface area contributed by atoms with Crippen molar-refractivity contribution in [3.8, 4) is 5.75 Å². The number of aryl methyl sites for hydroxylation is 1. The molecule has 0 aliphatic rings. The monoisotopic (exact) mass is 285 g/mol. The summed E-state index contributed by atoms with van der Waals surface area (Å²) in [7, 11) is 1.51. The van der Waals surface area contributed by atoms with Crippen LogP contribution < -0.4 is 10.5 Å². The Bertz CT molecular complexity index is 596. The molecule has 2 aromatic carbocycles. The molecule has 0 aliphatic carbocycles. The Morgan fingerprint density at radius 1 is 1.14 bits per heavy atom. The summed E-state index contributed by atoms with van der Waals surface area (Å²) in [6, 6.07) is 15.0. The number of hydrogen-bond donors (Lipinski definition) is 1. The van der Waals surface area contributed by atoms with E-state index in [-0.39, 0.29) is 0 Å². The fourth-order valence-corrected chi connectivity index (χ4v) is 2.05. The van der Waals surface area contributed by atoms with Gasteiger partial charge in [-0.1, -0.05) is 30.3 Å². The predicted molar refractivity (Wildman–Crippen MR) is 82.5 cm³/mol. The topological polar surface area (TPSA) is 61.5 Å². The van der Waals surface area contributed by atoms with Gasteiger partial charge in [0.1, 0.15) is 11.3 Å². The van der Waals surface area contributed by atoms with E-state index in [1.54, 1.807) is 18.2 Å². The van der Waals surface area contributed by atoms with Gasteiger partial charge in [0, 0.05) is 5.69 Å². The minimum atomic E-state index is -0.410. The van der Waals surface area contributed by atoms with Crippen LogP contribution in [0.4, 0.5) is 5.69 Å². The van der Waals surface area contributed by atoms with Crippen LogP contribution in [-0.4, -0.2) is 19.7 Å². The van der Waals surface area contributed by atoms with Crippen molar-refractivity contribution in [1.29, 1.82) is 0 Å². The molecule has 0 radical (unpaired) electrons. The molecule has 2 aromatic rings. The van der Waals surface area contributed by atoms with Crippen LogP contribution in [0.1, 0.15) is 22.3 Å². The second-order valence-electron chi connectivity index (χ2n) is 4.68. The van der Waals surface area contributed by atoms with Gasteiger partial charge >= 0.3 is 5.97 Å². The molecule has 0 saturated carbocycles. The predicted octanol–water partition coefficient (Wildman–Crippen LogP) is 3.07. The second kappa shape index (κ2) is 7.33. The number of methoxy groups -OCH3 is 1. The minimum Gasteiger partial charge on any atom is -0.496 e. The number of nitrogens with two attached hydrogens (primary N) is 1. The maximum absolute atomic E-state index is 12.0. The molecule has 110 valence electrons. The quantitative estimate of drug-likeness (QED) is 0.503. The van der Waals surface area contributed by atoms with Crippen LogP contribution >= 0.6 is 0 Å². The molecule has 0 spiro atoms. The molecule has 0 aromatic heterocycles. The third-order valence-corrected chi connectivity index (χ3v) is 3.13. The first-order valence-corrected chi connectivity index (χ1v) is 6.85. The number of nitrogen functional groups attached to an aromatic ring is 1. The summed E-state index contributed by atoms with van der Waals surface area (Å²) in [5.74, 6) is 0.0597. The first-order chi connectivity index (χ1) is 10.2. The Hall–Kier alpha value is -2.49. The standard InChI is InChI=1S/C17H19NO3/c1-20-16-10-9-14(18)12-15(16)17(19)21-11-5-8-13-6-3-2-4-7-13/h2-4,6-7,9-10,12H,5,8,11,18H2,1H3. The van der Waals surface area contributed by atoms with E-state index in [2.05, 4.69) is 12.1 Å². The van der Waals surface area contributed by atoms with Crippen molar-refractivity contribution in [3.63, 3.8) is 0 Å². The maximum atomic E-state index is 12.0. The van der Waals surface area contributed by atoms with Gasteiger partial charge in [-0.15, -0.1) is 0 Å². The molecule has 2 N–H and O–H groups in total. The van der Waals surface area contributed by atoms with E-state index in [4.69, 9.17) is 15.2 Å². The summed E-state index contributed by atoms with van der Waals surface area (Å²) in [6.07, 6.45) is 1.66. The van der Waals surface area contributed by atoms with E-state index in [1.807, 2.05) is 18.2 Å². The van der Waals surface area contributed by atoms with E-state index in [1.165, 1.54) is 12.7 Å². The number of esters is 1. The molecule has 4 heteroatoms. The Labute approximate surface area is 124 Å². The molecular formula is C17H19NO3. The van der Waals surface area contributed by atoms with Crippen molar-refractivity contribution < 1.29 is 14.3 Å². The fraction of sp³-hybridized carbons (Fsp3) is 0.235. The Morgan fingerprint density at radius 3 is 2.62 bits per heavy atom. The molecule has 0 aliphatic heterocycles. The van der Waals surface area contributed by atoms with Crippen molar-refractivity contribution in [2.24, 2.45) is 0 Å². The number of benzene rings is 2. The summed E-state index contributed by atoms with van der Waals surface area (Å²) in [4.78, 5) is 12.0. The third kappa shape index (κ3) is 4.24. The molecule has 0 heterocycles. The van der Waals surface area contributed by atoms with Crippen molar-refractivity contribution >= 4 is 11.7 Å². The zero-order valence-electron chi connectivity index (χ0n) is 12.0. The van der Waals surface area contributed by atoms with Crippen molar-refractivity contribution in [2.45, 2.75) is 12.8 Å². The van der Waals surface area contributed by atoms with Crippen molar-refractivity contribution in [2.75, 3.05) is 19.5 Å². The molecule has 2 rings (SSSR count). The molecule has 0 saturated heterocycles. The lowest BCUT2D eigenvalue weighted by Gasteiger charge is -2.09. The maximum Gasteiger partial charge on any atom is 0.341 e. The number of carbonyl (C=O) groups is 1. The van der Waals surface area contributed by atoms with Crippen molar-refractivity contribution in [1.82, 2.24) is 0 Å². The zero-order valence-corrected chi connectivity index (χ0v) is 12.0. The molecule has 0 unspecified atom stereocenters. The van der Waals surface area contributed by atoms with E-state index >= 15 is 0 Å². The molecule has 0 bridgehead atoms. The summed E-state index contributed by atoms with van der Waals surface area (Å²) < 4.78 is 10.4. The average molecular weight is 285 g/mol. The van der Waals surface area contributed by atoms with Crippen LogP contribution in [0.3, 0.4) is 0 Å². The Morgan fingerprint density at radius 2 is 1.90 bits per heavy atom. The van der Waals surface area contributed by atoms with Crippen LogP contribution in [0.25, 0.3) is 0 Å².